The fraction of sp³-hybridized carbons (Fsp3) is 1.00. The summed E-state index contributed by atoms with van der Waals surface area (Å²) in [5.74, 6) is -0.148. The first-order valence-electron chi connectivity index (χ1n) is 4.33. The zero-order valence-electron chi connectivity index (χ0n) is 7.48. The second-order valence-corrected chi connectivity index (χ2v) is 4.67. The van der Waals surface area contributed by atoms with E-state index >= 15 is 0 Å². The molecule has 7 heteroatoms. The maximum atomic E-state index is 10.4. The van der Waals surface area contributed by atoms with Crippen LogP contribution in [-0.2, 0) is 14.9 Å². The van der Waals surface area contributed by atoms with Crippen LogP contribution >= 0.6 is 0 Å². The second-order valence-electron chi connectivity index (χ2n) is 3.09. The number of ether oxygens (including phenoxy) is 1. The maximum absolute atomic E-state index is 10.4. The van der Waals surface area contributed by atoms with Crippen molar-refractivity contribution >= 4 is 61.5 Å². The average molecular weight is 249 g/mol. The number of hydrogen-bond donors (Lipinski definition) is 1. The molecule has 1 heterocycles. The van der Waals surface area contributed by atoms with Crippen LogP contribution < -0.4 is 0 Å². The van der Waals surface area contributed by atoms with Crippen LogP contribution in [0.2, 0.25) is 0 Å². The third-order valence-electron chi connectivity index (χ3n) is 1.98. The van der Waals surface area contributed by atoms with Crippen LogP contribution in [0.3, 0.4) is 0 Å². The zero-order valence-corrected chi connectivity index (χ0v) is 8.29. The topological polar surface area (TPSA) is 66.8 Å². The number of nitrogens with zero attached hydrogens (tertiary/aromatic N) is 1. The van der Waals surface area contributed by atoms with Crippen LogP contribution in [0, 0.1) is 0 Å². The van der Waals surface area contributed by atoms with Crippen molar-refractivity contribution < 1.29 is 17.7 Å². The predicted molar refractivity (Wildman–Crippen MR) is 55.4 cm³/mol. The van der Waals surface area contributed by atoms with Crippen molar-refractivity contribution in [1.29, 1.82) is 0 Å². The molecule has 0 atom stereocenters. The van der Waals surface area contributed by atoms with Gasteiger partial charge in [0, 0.05) is 13.1 Å². The van der Waals surface area contributed by atoms with Gasteiger partial charge in [-0.3, -0.25) is 9.45 Å². The van der Waals surface area contributed by atoms with Crippen molar-refractivity contribution in [2.24, 2.45) is 0 Å². The first-order valence-corrected chi connectivity index (χ1v) is 5.94. The molecule has 0 aromatic heterocycles. The minimum atomic E-state index is -3.78. The Labute approximate surface area is 127 Å². The number of rotatable bonds is 4. The van der Waals surface area contributed by atoms with Gasteiger partial charge in [-0.15, -0.1) is 0 Å². The summed E-state index contributed by atoms with van der Waals surface area (Å²) in [7, 11) is -3.78. The van der Waals surface area contributed by atoms with Crippen LogP contribution in [0.4, 0.5) is 0 Å². The minimum absolute atomic E-state index is 0. The van der Waals surface area contributed by atoms with Crippen molar-refractivity contribution in [3.05, 3.63) is 0 Å². The molecule has 0 bridgehead atoms. The summed E-state index contributed by atoms with van der Waals surface area (Å²) in [4.78, 5) is 2.13. The molecule has 1 rings (SSSR count). The molecule has 1 aliphatic rings. The summed E-state index contributed by atoms with van der Waals surface area (Å²) in [5.41, 5.74) is 0. The summed E-state index contributed by atoms with van der Waals surface area (Å²) in [5, 5.41) is 0. The Morgan fingerprint density at radius 1 is 1.29 bits per heavy atom. The van der Waals surface area contributed by atoms with E-state index in [4.69, 9.17) is 9.29 Å². The van der Waals surface area contributed by atoms with Gasteiger partial charge in [-0.1, -0.05) is 0 Å². The monoisotopic (exact) mass is 249 g/mol. The standard InChI is InChI=1S/C7H15NO4S.K.H/c9-13(10,11)7-1-2-8-3-5-12-6-4-8;;/h1-7H2,(H,9,10,11);;. The molecule has 0 aliphatic carbocycles. The summed E-state index contributed by atoms with van der Waals surface area (Å²) in [6.45, 7) is 3.85. The quantitative estimate of drug-likeness (QED) is 0.508. The van der Waals surface area contributed by atoms with Gasteiger partial charge in [0.2, 0.25) is 0 Å². The molecular weight excluding hydrogens is 233 g/mol. The molecule has 1 saturated heterocycles. The molecule has 1 aliphatic heterocycles. The van der Waals surface area contributed by atoms with E-state index in [0.717, 1.165) is 13.1 Å². The van der Waals surface area contributed by atoms with Crippen molar-refractivity contribution in [1.82, 2.24) is 4.90 Å². The Kier molecular flexibility index (Phi) is 8.50. The molecule has 14 heavy (non-hydrogen) atoms. The summed E-state index contributed by atoms with van der Waals surface area (Å²) in [6, 6.07) is 0. The Balaban J connectivity index is 0.00000169. The van der Waals surface area contributed by atoms with E-state index in [1.165, 1.54) is 0 Å². The van der Waals surface area contributed by atoms with Gasteiger partial charge in [-0.05, 0) is 13.0 Å². The third kappa shape index (κ3) is 7.72. The van der Waals surface area contributed by atoms with Crippen LogP contribution in [0.1, 0.15) is 6.42 Å². The van der Waals surface area contributed by atoms with Gasteiger partial charge in [-0.2, -0.15) is 8.42 Å². The molecule has 1 fully saturated rings. The third-order valence-corrected chi connectivity index (χ3v) is 2.78. The van der Waals surface area contributed by atoms with Crippen molar-refractivity contribution in [3.63, 3.8) is 0 Å². The van der Waals surface area contributed by atoms with E-state index < -0.39 is 10.1 Å². The van der Waals surface area contributed by atoms with E-state index in [1.807, 2.05) is 0 Å². The molecule has 0 unspecified atom stereocenters. The van der Waals surface area contributed by atoms with Gasteiger partial charge in [0.1, 0.15) is 0 Å². The van der Waals surface area contributed by atoms with E-state index in [1.54, 1.807) is 0 Å². The fourth-order valence-electron chi connectivity index (χ4n) is 1.30. The number of morpholine rings is 1. The molecule has 0 amide bonds. The van der Waals surface area contributed by atoms with Crippen LogP contribution in [0.15, 0.2) is 0 Å². The van der Waals surface area contributed by atoms with E-state index in [0.29, 0.717) is 26.2 Å². The van der Waals surface area contributed by atoms with Crippen molar-refractivity contribution in [2.45, 2.75) is 6.42 Å². The van der Waals surface area contributed by atoms with Crippen molar-refractivity contribution in [2.75, 3.05) is 38.6 Å². The Morgan fingerprint density at radius 2 is 1.86 bits per heavy atom. The van der Waals surface area contributed by atoms with Crippen LogP contribution in [0.5, 0.6) is 0 Å². The summed E-state index contributed by atoms with van der Waals surface area (Å²) >= 11 is 0. The molecule has 0 radical (unpaired) electrons. The predicted octanol–water partition coefficient (Wildman–Crippen LogP) is -1.05. The fourth-order valence-corrected chi connectivity index (χ4v) is 1.79. The van der Waals surface area contributed by atoms with Gasteiger partial charge in [0.05, 0.1) is 19.0 Å². The Bertz CT molecular complexity index is 238. The van der Waals surface area contributed by atoms with E-state index in [-0.39, 0.29) is 57.1 Å². The Hall–Kier alpha value is 1.47. The SMILES string of the molecule is O=S(=O)(O)CCCN1CCOCC1.[KH]. The number of hydrogen-bond acceptors (Lipinski definition) is 4. The van der Waals surface area contributed by atoms with Crippen LogP contribution in [0.25, 0.3) is 0 Å². The van der Waals surface area contributed by atoms with Gasteiger partial charge < -0.3 is 4.74 Å². The van der Waals surface area contributed by atoms with Gasteiger partial charge in [0.15, 0.2) is 0 Å². The van der Waals surface area contributed by atoms with Crippen molar-refractivity contribution in [3.8, 4) is 0 Å². The summed E-state index contributed by atoms with van der Waals surface area (Å²) < 4.78 is 34.4. The average Bonchev–Trinajstić information content (AvgIpc) is 2.04. The molecule has 0 aromatic carbocycles. The molecule has 5 nitrogen and oxygen atoms in total. The molecule has 0 aromatic rings. The molecule has 1 N–H and O–H groups in total. The first kappa shape index (κ1) is 15.5. The second kappa shape index (κ2) is 7.69. The first-order chi connectivity index (χ1) is 6.08. The van der Waals surface area contributed by atoms with Crippen LogP contribution in [-0.4, -0.2) is 108 Å². The zero-order chi connectivity index (χ0) is 9.73. The van der Waals surface area contributed by atoms with Gasteiger partial charge >= 0.3 is 51.4 Å². The van der Waals surface area contributed by atoms with Gasteiger partial charge in [-0.25, -0.2) is 0 Å². The normalized spacial score (nSPS) is 18.9. The van der Waals surface area contributed by atoms with E-state index in [2.05, 4.69) is 4.90 Å². The molecule has 80 valence electrons. The van der Waals surface area contributed by atoms with Gasteiger partial charge in [0.25, 0.3) is 10.1 Å². The Morgan fingerprint density at radius 3 is 2.36 bits per heavy atom. The van der Waals surface area contributed by atoms with E-state index in [9.17, 15) is 8.42 Å². The molecular formula is C7H16KNO4S. The summed E-state index contributed by atoms with van der Waals surface area (Å²) in [6.07, 6.45) is 0.485. The molecule has 0 saturated carbocycles. The molecule has 0 spiro atoms.